The van der Waals surface area contributed by atoms with E-state index in [2.05, 4.69) is 38.1 Å². The van der Waals surface area contributed by atoms with E-state index < -0.39 is 0 Å². The molecule has 0 fully saturated rings. The standard InChI is InChI=1S/C17H25NO/c1-17(2,9-10-18)8-7-15(19)12-14-11-13-5-3-4-6-16(13)14/h3-6,14H,7-12,18H2,1-2H3. The molecule has 1 aromatic carbocycles. The van der Waals surface area contributed by atoms with Crippen molar-refractivity contribution in [2.24, 2.45) is 11.1 Å². The monoisotopic (exact) mass is 259 g/mol. The van der Waals surface area contributed by atoms with Gasteiger partial charge in [0.15, 0.2) is 0 Å². The number of carbonyl (C=O) groups is 1. The van der Waals surface area contributed by atoms with E-state index in [1.165, 1.54) is 11.1 Å². The molecule has 1 aromatic rings. The highest BCUT2D eigenvalue weighted by Gasteiger charge is 2.28. The highest BCUT2D eigenvalue weighted by molar-refractivity contribution is 5.79. The molecule has 1 atom stereocenters. The summed E-state index contributed by atoms with van der Waals surface area (Å²) in [6, 6.07) is 8.47. The molecule has 0 saturated carbocycles. The van der Waals surface area contributed by atoms with E-state index in [1.54, 1.807) is 0 Å². The molecule has 1 aliphatic rings. The Balaban J connectivity index is 1.78. The van der Waals surface area contributed by atoms with E-state index in [1.807, 2.05) is 0 Å². The predicted molar refractivity (Wildman–Crippen MR) is 79.2 cm³/mol. The number of Topliss-reactive ketones (excluding diaryl/α,β-unsaturated/α-hetero) is 1. The summed E-state index contributed by atoms with van der Waals surface area (Å²) in [5, 5.41) is 0. The third-order valence-electron chi connectivity index (χ3n) is 4.34. The Bertz CT molecular complexity index is 450. The quantitative estimate of drug-likeness (QED) is 0.815. The molecule has 0 saturated heterocycles. The molecule has 0 heterocycles. The Morgan fingerprint density at radius 1 is 1.32 bits per heavy atom. The molecule has 0 aromatic heterocycles. The van der Waals surface area contributed by atoms with Crippen molar-refractivity contribution in [2.75, 3.05) is 6.54 Å². The van der Waals surface area contributed by atoms with Crippen molar-refractivity contribution in [1.82, 2.24) is 0 Å². The van der Waals surface area contributed by atoms with Crippen LogP contribution in [0.25, 0.3) is 0 Å². The Morgan fingerprint density at radius 2 is 2.05 bits per heavy atom. The van der Waals surface area contributed by atoms with Crippen molar-refractivity contribution in [3.8, 4) is 0 Å². The highest BCUT2D eigenvalue weighted by Crippen LogP contribution is 2.38. The van der Waals surface area contributed by atoms with Gasteiger partial charge in [-0.25, -0.2) is 0 Å². The topological polar surface area (TPSA) is 43.1 Å². The van der Waals surface area contributed by atoms with Crippen LogP contribution >= 0.6 is 0 Å². The number of fused-ring (bicyclic) bond motifs is 1. The van der Waals surface area contributed by atoms with Gasteiger partial charge in [0.25, 0.3) is 0 Å². The van der Waals surface area contributed by atoms with Gasteiger partial charge in [0.2, 0.25) is 0 Å². The largest absolute Gasteiger partial charge is 0.330 e. The second kappa shape index (κ2) is 5.87. The van der Waals surface area contributed by atoms with E-state index in [0.29, 0.717) is 24.7 Å². The van der Waals surface area contributed by atoms with Gasteiger partial charge < -0.3 is 5.73 Å². The molecule has 19 heavy (non-hydrogen) atoms. The van der Waals surface area contributed by atoms with Crippen LogP contribution in [-0.2, 0) is 11.2 Å². The van der Waals surface area contributed by atoms with Gasteiger partial charge in [-0.05, 0) is 48.3 Å². The molecule has 0 aliphatic heterocycles. The van der Waals surface area contributed by atoms with E-state index in [9.17, 15) is 4.79 Å². The van der Waals surface area contributed by atoms with Gasteiger partial charge in [0.05, 0.1) is 0 Å². The van der Waals surface area contributed by atoms with Gasteiger partial charge >= 0.3 is 0 Å². The molecule has 1 unspecified atom stereocenters. The molecule has 2 N–H and O–H groups in total. The molecule has 2 rings (SSSR count). The van der Waals surface area contributed by atoms with Gasteiger partial charge in [-0.1, -0.05) is 38.1 Å². The summed E-state index contributed by atoms with van der Waals surface area (Å²) in [6.07, 6.45) is 4.44. The first-order valence-corrected chi connectivity index (χ1v) is 7.31. The minimum atomic E-state index is 0.196. The minimum absolute atomic E-state index is 0.196. The summed E-state index contributed by atoms with van der Waals surface area (Å²) in [7, 11) is 0. The maximum Gasteiger partial charge on any atom is 0.133 e. The van der Waals surface area contributed by atoms with Crippen LogP contribution in [0.1, 0.15) is 56.6 Å². The van der Waals surface area contributed by atoms with Gasteiger partial charge in [0, 0.05) is 12.8 Å². The van der Waals surface area contributed by atoms with Gasteiger partial charge in [-0.2, -0.15) is 0 Å². The van der Waals surface area contributed by atoms with Crippen LogP contribution in [0.5, 0.6) is 0 Å². The van der Waals surface area contributed by atoms with Crippen LogP contribution in [0.4, 0.5) is 0 Å². The lowest BCUT2D eigenvalue weighted by molar-refractivity contribution is -0.120. The second-order valence-corrected chi connectivity index (χ2v) is 6.55. The van der Waals surface area contributed by atoms with Gasteiger partial charge in [-0.15, -0.1) is 0 Å². The van der Waals surface area contributed by atoms with E-state index in [0.717, 1.165) is 25.7 Å². The Morgan fingerprint density at radius 3 is 2.74 bits per heavy atom. The molecule has 2 heteroatoms. The number of benzene rings is 1. The van der Waals surface area contributed by atoms with Crippen molar-refractivity contribution in [2.45, 2.75) is 51.9 Å². The van der Waals surface area contributed by atoms with Crippen LogP contribution in [0.15, 0.2) is 24.3 Å². The Hall–Kier alpha value is -1.15. The average molecular weight is 259 g/mol. The fraction of sp³-hybridized carbons (Fsp3) is 0.588. The van der Waals surface area contributed by atoms with Gasteiger partial charge in [-0.3, -0.25) is 4.79 Å². The van der Waals surface area contributed by atoms with Gasteiger partial charge in [0.1, 0.15) is 5.78 Å². The summed E-state index contributed by atoms with van der Waals surface area (Å²) in [4.78, 5) is 12.1. The molecule has 0 spiro atoms. The fourth-order valence-electron chi connectivity index (χ4n) is 2.92. The molecule has 0 bridgehead atoms. The average Bonchev–Trinajstić information content (AvgIpc) is 2.34. The lowest BCUT2D eigenvalue weighted by Crippen LogP contribution is -2.22. The van der Waals surface area contributed by atoms with Crippen molar-refractivity contribution < 1.29 is 4.79 Å². The molecule has 0 amide bonds. The second-order valence-electron chi connectivity index (χ2n) is 6.55. The van der Waals surface area contributed by atoms with Crippen LogP contribution in [0.2, 0.25) is 0 Å². The predicted octanol–water partition coefficient (Wildman–Crippen LogP) is 3.44. The third kappa shape index (κ3) is 3.66. The zero-order valence-corrected chi connectivity index (χ0v) is 12.1. The van der Waals surface area contributed by atoms with Crippen LogP contribution in [0, 0.1) is 5.41 Å². The maximum atomic E-state index is 12.1. The SMILES string of the molecule is CC(C)(CCN)CCC(=O)CC1Cc2ccccc21. The summed E-state index contributed by atoms with van der Waals surface area (Å²) in [6.45, 7) is 5.11. The molecule has 0 radical (unpaired) electrons. The van der Waals surface area contributed by atoms with Crippen molar-refractivity contribution >= 4 is 5.78 Å². The number of hydrogen-bond donors (Lipinski definition) is 1. The summed E-state index contributed by atoms with van der Waals surface area (Å²) < 4.78 is 0. The number of hydrogen-bond acceptors (Lipinski definition) is 2. The number of ketones is 1. The highest BCUT2D eigenvalue weighted by atomic mass is 16.1. The number of rotatable bonds is 7. The van der Waals surface area contributed by atoms with Crippen LogP contribution in [0.3, 0.4) is 0 Å². The lowest BCUT2D eigenvalue weighted by Gasteiger charge is -2.30. The lowest BCUT2D eigenvalue weighted by atomic mass is 9.74. The van der Waals surface area contributed by atoms with E-state index >= 15 is 0 Å². The smallest absolute Gasteiger partial charge is 0.133 e. The summed E-state index contributed by atoms with van der Waals surface area (Å²) in [5.74, 6) is 0.880. The van der Waals surface area contributed by atoms with E-state index in [4.69, 9.17) is 5.73 Å². The summed E-state index contributed by atoms with van der Waals surface area (Å²) in [5.41, 5.74) is 8.60. The first-order valence-electron chi connectivity index (χ1n) is 7.31. The van der Waals surface area contributed by atoms with Crippen molar-refractivity contribution in [3.63, 3.8) is 0 Å². The molecular formula is C17H25NO. The van der Waals surface area contributed by atoms with E-state index in [-0.39, 0.29) is 5.41 Å². The van der Waals surface area contributed by atoms with Crippen LogP contribution < -0.4 is 5.73 Å². The summed E-state index contributed by atoms with van der Waals surface area (Å²) >= 11 is 0. The number of nitrogens with two attached hydrogens (primary N) is 1. The van der Waals surface area contributed by atoms with Crippen molar-refractivity contribution in [3.05, 3.63) is 35.4 Å². The molecule has 104 valence electrons. The zero-order chi connectivity index (χ0) is 13.9. The Kier molecular flexibility index (Phi) is 4.41. The Labute approximate surface area is 116 Å². The molecule has 1 aliphatic carbocycles. The maximum absolute atomic E-state index is 12.1. The fourth-order valence-corrected chi connectivity index (χ4v) is 2.92. The zero-order valence-electron chi connectivity index (χ0n) is 12.1. The van der Waals surface area contributed by atoms with Crippen LogP contribution in [-0.4, -0.2) is 12.3 Å². The normalized spacial score (nSPS) is 17.7. The number of carbonyl (C=O) groups excluding carboxylic acids is 1. The third-order valence-corrected chi connectivity index (χ3v) is 4.34. The first-order chi connectivity index (χ1) is 9.02. The molecule has 2 nitrogen and oxygen atoms in total. The first kappa shape index (κ1) is 14.3. The minimum Gasteiger partial charge on any atom is -0.330 e. The van der Waals surface area contributed by atoms with Crippen molar-refractivity contribution in [1.29, 1.82) is 0 Å². The molecular weight excluding hydrogens is 234 g/mol.